The number of hydrogen-bond donors (Lipinski definition) is 1. The van der Waals surface area contributed by atoms with Gasteiger partial charge in [-0.2, -0.15) is 0 Å². The van der Waals surface area contributed by atoms with Crippen LogP contribution >= 0.6 is 11.3 Å². The van der Waals surface area contributed by atoms with Gasteiger partial charge in [-0.25, -0.2) is 9.97 Å². The summed E-state index contributed by atoms with van der Waals surface area (Å²) < 4.78 is 0. The molecular weight excluding hydrogens is 320 g/mol. The monoisotopic (exact) mass is 338 g/mol. The van der Waals surface area contributed by atoms with Gasteiger partial charge in [0.15, 0.2) is 0 Å². The van der Waals surface area contributed by atoms with Crippen LogP contribution in [0.15, 0.2) is 48.2 Å². The molecule has 1 N–H and O–H groups in total. The number of benzene rings is 1. The number of carbonyl (C=O) groups is 1. The van der Waals surface area contributed by atoms with Crippen LogP contribution in [0.1, 0.15) is 12.8 Å². The maximum Gasteiger partial charge on any atom is 0.227 e. The van der Waals surface area contributed by atoms with Gasteiger partial charge < -0.3 is 10.2 Å². The molecule has 1 aliphatic heterocycles. The van der Waals surface area contributed by atoms with Gasteiger partial charge in [0.1, 0.15) is 6.33 Å². The Morgan fingerprint density at radius 1 is 1.25 bits per heavy atom. The average Bonchev–Trinajstić information content (AvgIpc) is 3.16. The van der Waals surface area contributed by atoms with E-state index in [-0.39, 0.29) is 11.8 Å². The first-order valence-corrected chi connectivity index (χ1v) is 8.97. The van der Waals surface area contributed by atoms with Crippen molar-refractivity contribution in [3.05, 3.63) is 48.2 Å². The zero-order chi connectivity index (χ0) is 16.4. The van der Waals surface area contributed by atoms with Crippen molar-refractivity contribution in [1.29, 1.82) is 0 Å². The van der Waals surface area contributed by atoms with Gasteiger partial charge in [0, 0.05) is 36.3 Å². The highest BCUT2D eigenvalue weighted by molar-refractivity contribution is 7.14. The highest BCUT2D eigenvalue weighted by Gasteiger charge is 2.25. The van der Waals surface area contributed by atoms with Gasteiger partial charge in [-0.1, -0.05) is 0 Å². The fourth-order valence-electron chi connectivity index (χ4n) is 3.11. The minimum atomic E-state index is 0.0716. The molecule has 4 rings (SSSR count). The lowest BCUT2D eigenvalue weighted by molar-refractivity contribution is -0.120. The lowest BCUT2D eigenvalue weighted by Gasteiger charge is -2.31. The highest BCUT2D eigenvalue weighted by Crippen LogP contribution is 2.27. The molecule has 0 aliphatic carbocycles. The fourth-order valence-corrected chi connectivity index (χ4v) is 3.89. The zero-order valence-electron chi connectivity index (χ0n) is 13.2. The van der Waals surface area contributed by atoms with Crippen molar-refractivity contribution in [2.75, 3.05) is 23.3 Å². The van der Waals surface area contributed by atoms with Gasteiger partial charge in [0.05, 0.1) is 10.5 Å². The Morgan fingerprint density at radius 3 is 2.92 bits per heavy atom. The van der Waals surface area contributed by atoms with E-state index in [0.717, 1.165) is 42.5 Å². The number of thiophene rings is 1. The summed E-state index contributed by atoms with van der Waals surface area (Å²) in [7, 11) is 0. The molecule has 3 aromatic rings. The molecule has 24 heavy (non-hydrogen) atoms. The van der Waals surface area contributed by atoms with Crippen molar-refractivity contribution in [2.45, 2.75) is 12.8 Å². The summed E-state index contributed by atoms with van der Waals surface area (Å²) in [5, 5.41) is 7.40. The third-order valence-corrected chi connectivity index (χ3v) is 5.39. The molecule has 0 bridgehead atoms. The highest BCUT2D eigenvalue weighted by atomic mass is 32.1. The molecule has 1 amide bonds. The van der Waals surface area contributed by atoms with E-state index in [1.165, 1.54) is 11.3 Å². The molecule has 2 aromatic heterocycles. The van der Waals surface area contributed by atoms with E-state index in [1.54, 1.807) is 17.5 Å². The van der Waals surface area contributed by atoms with Crippen molar-refractivity contribution in [3.63, 3.8) is 0 Å². The molecule has 0 atom stereocenters. The molecule has 0 saturated carbocycles. The van der Waals surface area contributed by atoms with Gasteiger partial charge in [-0.15, -0.1) is 11.3 Å². The van der Waals surface area contributed by atoms with Crippen LogP contribution in [0.5, 0.6) is 0 Å². The molecule has 1 fully saturated rings. The van der Waals surface area contributed by atoms with Crippen molar-refractivity contribution >= 4 is 38.8 Å². The zero-order valence-corrected chi connectivity index (χ0v) is 14.0. The maximum atomic E-state index is 12.5. The quantitative estimate of drug-likeness (QED) is 0.793. The number of aromatic nitrogens is 2. The molecule has 0 radical (unpaired) electrons. The van der Waals surface area contributed by atoms with E-state index in [1.807, 2.05) is 18.2 Å². The number of carbonyl (C=O) groups excluding carboxylic acids is 1. The Kier molecular flexibility index (Phi) is 4.13. The van der Waals surface area contributed by atoms with Gasteiger partial charge in [-0.3, -0.25) is 4.79 Å². The van der Waals surface area contributed by atoms with Crippen LogP contribution in [0.3, 0.4) is 0 Å². The SMILES string of the molecule is O=C(Nc1ccc2cncnc2c1)C1CCN(c2cccs2)CC1. The smallest absolute Gasteiger partial charge is 0.227 e. The third-order valence-electron chi connectivity index (χ3n) is 4.46. The molecule has 122 valence electrons. The molecule has 1 aliphatic rings. The van der Waals surface area contributed by atoms with Crippen LogP contribution in [-0.2, 0) is 4.79 Å². The number of hydrogen-bond acceptors (Lipinski definition) is 5. The summed E-state index contributed by atoms with van der Waals surface area (Å²) in [5.74, 6) is 0.177. The number of amides is 1. The summed E-state index contributed by atoms with van der Waals surface area (Å²) in [5.41, 5.74) is 1.64. The second kappa shape index (κ2) is 6.57. The second-order valence-electron chi connectivity index (χ2n) is 6.00. The number of fused-ring (bicyclic) bond motifs is 1. The van der Waals surface area contributed by atoms with Crippen LogP contribution in [0, 0.1) is 5.92 Å². The predicted octanol–water partition coefficient (Wildman–Crippen LogP) is 3.55. The summed E-state index contributed by atoms with van der Waals surface area (Å²) in [4.78, 5) is 23.1. The summed E-state index contributed by atoms with van der Waals surface area (Å²) in [6.45, 7) is 1.87. The molecule has 5 nitrogen and oxygen atoms in total. The number of nitrogens with one attached hydrogen (secondary N) is 1. The number of anilines is 2. The summed E-state index contributed by atoms with van der Waals surface area (Å²) in [6.07, 6.45) is 5.07. The average molecular weight is 338 g/mol. The number of nitrogens with zero attached hydrogens (tertiary/aromatic N) is 3. The van der Waals surface area contributed by atoms with Crippen molar-refractivity contribution in [3.8, 4) is 0 Å². The van der Waals surface area contributed by atoms with E-state index in [4.69, 9.17) is 0 Å². The predicted molar refractivity (Wildman–Crippen MR) is 97.4 cm³/mol. The van der Waals surface area contributed by atoms with Crippen LogP contribution < -0.4 is 10.2 Å². The van der Waals surface area contributed by atoms with Crippen LogP contribution in [0.25, 0.3) is 10.9 Å². The lowest BCUT2D eigenvalue weighted by Crippen LogP contribution is -2.37. The maximum absolute atomic E-state index is 12.5. The van der Waals surface area contributed by atoms with Gasteiger partial charge in [0.25, 0.3) is 0 Å². The molecule has 6 heteroatoms. The minimum Gasteiger partial charge on any atom is -0.363 e. The molecule has 3 heterocycles. The third kappa shape index (κ3) is 3.10. The van der Waals surface area contributed by atoms with Gasteiger partial charge in [-0.05, 0) is 48.6 Å². The Labute approximate surface area is 144 Å². The topological polar surface area (TPSA) is 58.1 Å². The molecule has 0 unspecified atom stereocenters. The Morgan fingerprint density at radius 2 is 2.12 bits per heavy atom. The number of piperidine rings is 1. The second-order valence-corrected chi connectivity index (χ2v) is 6.92. The molecule has 1 aromatic carbocycles. The molecule has 0 spiro atoms. The Balaban J connectivity index is 1.39. The van der Waals surface area contributed by atoms with Gasteiger partial charge in [0.2, 0.25) is 5.91 Å². The van der Waals surface area contributed by atoms with Crippen LogP contribution in [-0.4, -0.2) is 29.0 Å². The minimum absolute atomic E-state index is 0.0716. The first-order valence-electron chi connectivity index (χ1n) is 8.09. The summed E-state index contributed by atoms with van der Waals surface area (Å²) in [6, 6.07) is 9.95. The molecular formula is C18H18N4OS. The standard InChI is InChI=1S/C18H18N4OS/c23-18(13-5-7-22(8-6-13)17-2-1-9-24-17)21-15-4-3-14-11-19-12-20-16(14)10-15/h1-4,9-13H,5-8H2,(H,21,23). The molecule has 1 saturated heterocycles. The Bertz CT molecular complexity index is 841. The fraction of sp³-hybridized carbons (Fsp3) is 0.278. The van der Waals surface area contributed by atoms with Crippen LogP contribution in [0.2, 0.25) is 0 Å². The van der Waals surface area contributed by atoms with Crippen LogP contribution in [0.4, 0.5) is 10.7 Å². The lowest BCUT2D eigenvalue weighted by atomic mass is 9.96. The van der Waals surface area contributed by atoms with E-state index >= 15 is 0 Å². The van der Waals surface area contributed by atoms with Crippen molar-refractivity contribution < 1.29 is 4.79 Å². The van der Waals surface area contributed by atoms with E-state index in [0.29, 0.717) is 0 Å². The van der Waals surface area contributed by atoms with E-state index in [9.17, 15) is 4.79 Å². The first-order chi connectivity index (χ1) is 11.8. The van der Waals surface area contributed by atoms with Crippen molar-refractivity contribution in [2.24, 2.45) is 5.92 Å². The normalized spacial score (nSPS) is 15.6. The largest absolute Gasteiger partial charge is 0.363 e. The van der Waals surface area contributed by atoms with Gasteiger partial charge >= 0.3 is 0 Å². The van der Waals surface area contributed by atoms with E-state index < -0.39 is 0 Å². The first kappa shape index (κ1) is 15.1. The number of rotatable bonds is 3. The van der Waals surface area contributed by atoms with Crippen molar-refractivity contribution in [1.82, 2.24) is 9.97 Å². The summed E-state index contributed by atoms with van der Waals surface area (Å²) >= 11 is 1.76. The Hall–Kier alpha value is -2.47. The van der Waals surface area contributed by atoms with E-state index in [2.05, 4.69) is 37.7 Å².